The summed E-state index contributed by atoms with van der Waals surface area (Å²) in [6.45, 7) is 1.56. The second kappa shape index (κ2) is 10.3. The molecule has 1 atom stereocenters. The molecular formula is C27H27N5O5. The predicted molar refractivity (Wildman–Crippen MR) is 136 cm³/mol. The van der Waals surface area contributed by atoms with Crippen LogP contribution < -0.4 is 14.8 Å². The number of anilines is 1. The lowest BCUT2D eigenvalue weighted by Crippen LogP contribution is -2.52. The molecule has 1 N–H and O–H groups in total. The molecule has 0 bridgehead atoms. The van der Waals surface area contributed by atoms with Crippen LogP contribution in [0.3, 0.4) is 0 Å². The molecule has 0 spiro atoms. The SMILES string of the molecule is COc1cccc(-c2ncc(OC)c3c2NCC3C(=O)C(=O)N2CCN(C(=O)c3ccccc3)CC2)n1. The fourth-order valence-electron chi connectivity index (χ4n) is 4.76. The van der Waals surface area contributed by atoms with Gasteiger partial charge in [0.05, 0.1) is 37.7 Å². The van der Waals surface area contributed by atoms with E-state index in [-0.39, 0.29) is 12.5 Å². The van der Waals surface area contributed by atoms with Gasteiger partial charge in [0.1, 0.15) is 11.4 Å². The quantitative estimate of drug-likeness (QED) is 0.512. The second-order valence-corrected chi connectivity index (χ2v) is 8.78. The maximum atomic E-state index is 13.4. The van der Waals surface area contributed by atoms with Gasteiger partial charge in [-0.15, -0.1) is 0 Å². The lowest BCUT2D eigenvalue weighted by atomic mass is 9.94. The molecule has 2 aromatic heterocycles. The summed E-state index contributed by atoms with van der Waals surface area (Å²) in [5, 5.41) is 3.24. The molecule has 190 valence electrons. The zero-order valence-corrected chi connectivity index (χ0v) is 20.6. The zero-order valence-electron chi connectivity index (χ0n) is 20.6. The van der Waals surface area contributed by atoms with E-state index in [1.54, 1.807) is 35.4 Å². The van der Waals surface area contributed by atoms with Crippen LogP contribution in [-0.4, -0.2) is 84.3 Å². The smallest absolute Gasteiger partial charge is 0.290 e. The summed E-state index contributed by atoms with van der Waals surface area (Å²) in [6, 6.07) is 14.4. The molecule has 3 aromatic rings. The predicted octanol–water partition coefficient (Wildman–Crippen LogP) is 2.22. The van der Waals surface area contributed by atoms with E-state index in [9.17, 15) is 14.4 Å². The van der Waals surface area contributed by atoms with E-state index >= 15 is 0 Å². The van der Waals surface area contributed by atoms with Crippen LogP contribution in [0.15, 0.2) is 54.7 Å². The number of hydrogen-bond acceptors (Lipinski definition) is 8. The number of ketones is 1. The van der Waals surface area contributed by atoms with Crippen molar-refractivity contribution in [2.24, 2.45) is 0 Å². The Morgan fingerprint density at radius 3 is 2.35 bits per heavy atom. The van der Waals surface area contributed by atoms with Gasteiger partial charge in [-0.2, -0.15) is 0 Å². The fourth-order valence-corrected chi connectivity index (χ4v) is 4.76. The summed E-state index contributed by atoms with van der Waals surface area (Å²) in [5.74, 6) is -1.03. The maximum Gasteiger partial charge on any atom is 0.290 e. The molecule has 5 rings (SSSR count). The van der Waals surface area contributed by atoms with Gasteiger partial charge in [-0.1, -0.05) is 24.3 Å². The molecule has 37 heavy (non-hydrogen) atoms. The fraction of sp³-hybridized carbons (Fsp3) is 0.296. The summed E-state index contributed by atoms with van der Waals surface area (Å²) < 4.78 is 10.7. The van der Waals surface area contributed by atoms with Crippen molar-refractivity contribution in [3.8, 4) is 23.0 Å². The minimum Gasteiger partial charge on any atom is -0.495 e. The minimum atomic E-state index is -0.728. The Kier molecular flexibility index (Phi) is 6.72. The molecule has 10 nitrogen and oxygen atoms in total. The largest absolute Gasteiger partial charge is 0.495 e. The standard InChI is InChI=1S/C27H27N5O5/c1-36-20-16-29-23(19-9-6-10-21(30-19)37-2)24-22(20)18(15-28-24)25(33)27(35)32-13-11-31(12-14-32)26(34)17-7-4-3-5-8-17/h3-10,16,18,28H,11-15H2,1-2H3. The summed E-state index contributed by atoms with van der Waals surface area (Å²) in [6.07, 6.45) is 1.54. The highest BCUT2D eigenvalue weighted by Crippen LogP contribution is 2.43. The van der Waals surface area contributed by atoms with Crippen molar-refractivity contribution < 1.29 is 23.9 Å². The number of aromatic nitrogens is 2. The van der Waals surface area contributed by atoms with Crippen molar-refractivity contribution in [1.29, 1.82) is 0 Å². The topological polar surface area (TPSA) is 114 Å². The van der Waals surface area contributed by atoms with Crippen LogP contribution in [0, 0.1) is 0 Å². The van der Waals surface area contributed by atoms with E-state index in [2.05, 4.69) is 15.3 Å². The van der Waals surface area contributed by atoms with Crippen molar-refractivity contribution in [3.63, 3.8) is 0 Å². The molecule has 1 aromatic carbocycles. The summed E-state index contributed by atoms with van der Waals surface area (Å²) in [5.41, 5.74) is 2.93. The van der Waals surface area contributed by atoms with Crippen molar-refractivity contribution in [3.05, 3.63) is 65.9 Å². The van der Waals surface area contributed by atoms with E-state index in [0.717, 1.165) is 0 Å². The van der Waals surface area contributed by atoms with Crippen molar-refractivity contribution >= 4 is 23.3 Å². The normalized spacial score (nSPS) is 16.5. The van der Waals surface area contributed by atoms with Crippen LogP contribution in [0.25, 0.3) is 11.4 Å². The molecule has 2 aliphatic rings. The van der Waals surface area contributed by atoms with Crippen LogP contribution in [0.2, 0.25) is 0 Å². The van der Waals surface area contributed by atoms with E-state index in [1.807, 2.05) is 24.3 Å². The first-order chi connectivity index (χ1) is 18.0. The molecule has 2 aliphatic heterocycles. The van der Waals surface area contributed by atoms with Gasteiger partial charge in [-0.3, -0.25) is 14.4 Å². The number of ether oxygens (including phenoxy) is 2. The number of carbonyl (C=O) groups excluding carboxylic acids is 3. The number of hydrogen-bond donors (Lipinski definition) is 1. The molecule has 0 aliphatic carbocycles. The Labute approximate surface area is 214 Å². The first kappa shape index (κ1) is 24.2. The number of fused-ring (bicyclic) bond motifs is 1. The van der Waals surface area contributed by atoms with Crippen LogP contribution in [-0.2, 0) is 9.59 Å². The van der Waals surface area contributed by atoms with Crippen LogP contribution >= 0.6 is 0 Å². The van der Waals surface area contributed by atoms with E-state index in [1.165, 1.54) is 19.1 Å². The average molecular weight is 502 g/mol. The van der Waals surface area contributed by atoms with E-state index in [0.29, 0.717) is 66.0 Å². The van der Waals surface area contributed by atoms with Crippen LogP contribution in [0.1, 0.15) is 21.8 Å². The number of methoxy groups -OCH3 is 2. The highest BCUT2D eigenvalue weighted by molar-refractivity contribution is 6.38. The minimum absolute atomic E-state index is 0.0798. The highest BCUT2D eigenvalue weighted by atomic mass is 16.5. The van der Waals surface area contributed by atoms with Gasteiger partial charge in [0.15, 0.2) is 0 Å². The number of pyridine rings is 2. The Morgan fingerprint density at radius 1 is 0.919 bits per heavy atom. The molecule has 0 saturated carbocycles. The summed E-state index contributed by atoms with van der Waals surface area (Å²) in [7, 11) is 3.04. The number of rotatable bonds is 6. The molecule has 2 amide bonds. The molecule has 4 heterocycles. The molecule has 1 fully saturated rings. The highest BCUT2D eigenvalue weighted by Gasteiger charge is 2.40. The van der Waals surface area contributed by atoms with Gasteiger partial charge in [0.25, 0.3) is 11.8 Å². The van der Waals surface area contributed by atoms with Gasteiger partial charge in [-0.25, -0.2) is 9.97 Å². The molecule has 1 saturated heterocycles. The lowest BCUT2D eigenvalue weighted by Gasteiger charge is -2.34. The van der Waals surface area contributed by atoms with Gasteiger partial charge >= 0.3 is 0 Å². The molecule has 10 heteroatoms. The first-order valence-corrected chi connectivity index (χ1v) is 12.0. The van der Waals surface area contributed by atoms with Gasteiger partial charge in [0.2, 0.25) is 11.7 Å². The zero-order chi connectivity index (χ0) is 25.9. The molecule has 0 radical (unpaired) electrons. The monoisotopic (exact) mass is 501 g/mol. The Morgan fingerprint density at radius 2 is 1.65 bits per heavy atom. The lowest BCUT2D eigenvalue weighted by molar-refractivity contribution is -0.146. The van der Waals surface area contributed by atoms with Crippen LogP contribution in [0.4, 0.5) is 5.69 Å². The number of carbonyl (C=O) groups is 3. The number of piperazine rings is 1. The van der Waals surface area contributed by atoms with Crippen molar-refractivity contribution in [2.45, 2.75) is 5.92 Å². The van der Waals surface area contributed by atoms with E-state index < -0.39 is 17.6 Å². The third-order valence-corrected chi connectivity index (χ3v) is 6.71. The second-order valence-electron chi connectivity index (χ2n) is 8.78. The van der Waals surface area contributed by atoms with Crippen molar-refractivity contribution in [1.82, 2.24) is 19.8 Å². The third kappa shape index (κ3) is 4.57. The number of nitrogens with one attached hydrogen (secondary N) is 1. The van der Waals surface area contributed by atoms with Crippen molar-refractivity contribution in [2.75, 3.05) is 52.3 Å². The van der Waals surface area contributed by atoms with Gasteiger partial charge < -0.3 is 24.6 Å². The summed E-state index contributed by atoms with van der Waals surface area (Å²) in [4.78, 5) is 51.6. The first-order valence-electron chi connectivity index (χ1n) is 12.0. The molecular weight excluding hydrogens is 474 g/mol. The number of Topliss-reactive ketones (excluding diaryl/α,β-unsaturated/α-hetero) is 1. The average Bonchev–Trinajstić information content (AvgIpc) is 3.41. The number of benzene rings is 1. The molecule has 1 unspecified atom stereocenters. The third-order valence-electron chi connectivity index (χ3n) is 6.71. The Hall–Kier alpha value is -4.47. The number of amides is 2. The Balaban J connectivity index is 1.33. The maximum absolute atomic E-state index is 13.4. The van der Waals surface area contributed by atoms with Gasteiger partial charge in [-0.05, 0) is 18.2 Å². The van der Waals surface area contributed by atoms with Gasteiger partial charge in [0, 0.05) is 49.9 Å². The number of nitrogens with zero attached hydrogens (tertiary/aromatic N) is 4. The summed E-state index contributed by atoms with van der Waals surface area (Å²) >= 11 is 0. The van der Waals surface area contributed by atoms with E-state index in [4.69, 9.17) is 9.47 Å². The van der Waals surface area contributed by atoms with Crippen LogP contribution in [0.5, 0.6) is 11.6 Å². The Bertz CT molecular complexity index is 1340.